The Bertz CT molecular complexity index is 1360. The summed E-state index contributed by atoms with van der Waals surface area (Å²) in [7, 11) is -2.71. The molecule has 36 heavy (non-hydrogen) atoms. The van der Waals surface area contributed by atoms with Crippen molar-refractivity contribution in [1.29, 1.82) is 0 Å². The van der Waals surface area contributed by atoms with Crippen LogP contribution >= 0.6 is 0 Å². The molecule has 0 fully saturated rings. The number of anilines is 1. The quantitative estimate of drug-likeness (QED) is 0.415. The molecule has 8 nitrogen and oxygen atoms in total. The maximum atomic E-state index is 13.2. The van der Waals surface area contributed by atoms with Gasteiger partial charge in [0, 0.05) is 11.9 Å². The van der Waals surface area contributed by atoms with Crippen molar-refractivity contribution < 1.29 is 49.0 Å². The highest BCUT2D eigenvalue weighted by Crippen LogP contribution is 2.34. The van der Waals surface area contributed by atoms with E-state index in [-0.39, 0.29) is 16.3 Å². The Morgan fingerprint density at radius 3 is 2.17 bits per heavy atom. The Labute approximate surface area is 199 Å². The second-order valence-corrected chi connectivity index (χ2v) is 8.77. The Morgan fingerprint density at radius 1 is 0.944 bits per heavy atom. The first-order chi connectivity index (χ1) is 16.7. The van der Waals surface area contributed by atoms with Gasteiger partial charge in [0.25, 0.3) is 5.91 Å². The first kappa shape index (κ1) is 26.7. The number of amides is 1. The number of alkyl halides is 6. The van der Waals surface area contributed by atoms with Crippen molar-refractivity contribution in [2.24, 2.45) is 0 Å². The molecule has 0 aliphatic carbocycles. The van der Waals surface area contributed by atoms with Gasteiger partial charge in [0.15, 0.2) is 0 Å². The molecule has 0 saturated heterocycles. The van der Waals surface area contributed by atoms with Gasteiger partial charge in [0.1, 0.15) is 17.1 Å². The van der Waals surface area contributed by atoms with Gasteiger partial charge in [0.2, 0.25) is 15.9 Å². The van der Waals surface area contributed by atoms with Gasteiger partial charge in [-0.3, -0.25) is 4.79 Å². The molecule has 0 aliphatic rings. The first-order valence-corrected chi connectivity index (χ1v) is 11.1. The van der Waals surface area contributed by atoms with Crippen LogP contribution in [0.5, 0.6) is 17.4 Å². The SMILES string of the molecule is CNS(=O)(=O)c1cccc(NC(=O)c2cc(C(F)(F)F)cnc2Oc2ccc(OC(F)(F)F)cc2)c1. The average molecular weight is 535 g/mol. The van der Waals surface area contributed by atoms with Crippen LogP contribution in [0.1, 0.15) is 15.9 Å². The lowest BCUT2D eigenvalue weighted by Crippen LogP contribution is -2.19. The van der Waals surface area contributed by atoms with Gasteiger partial charge in [-0.1, -0.05) is 6.07 Å². The van der Waals surface area contributed by atoms with E-state index in [4.69, 9.17) is 4.74 Å². The first-order valence-electron chi connectivity index (χ1n) is 9.64. The minimum Gasteiger partial charge on any atom is -0.438 e. The molecule has 192 valence electrons. The van der Waals surface area contributed by atoms with E-state index in [1.807, 2.05) is 0 Å². The van der Waals surface area contributed by atoms with Gasteiger partial charge >= 0.3 is 12.5 Å². The van der Waals surface area contributed by atoms with Gasteiger partial charge < -0.3 is 14.8 Å². The maximum absolute atomic E-state index is 13.2. The fraction of sp³-hybridized carbons (Fsp3) is 0.143. The van der Waals surface area contributed by atoms with Crippen LogP contribution in [0.25, 0.3) is 0 Å². The average Bonchev–Trinajstić information content (AvgIpc) is 2.79. The number of halogens is 6. The molecule has 2 aromatic carbocycles. The zero-order valence-corrected chi connectivity index (χ0v) is 18.8. The predicted octanol–water partition coefficient (Wildman–Crippen LogP) is 4.95. The van der Waals surface area contributed by atoms with Gasteiger partial charge in [-0.25, -0.2) is 18.1 Å². The van der Waals surface area contributed by atoms with Crippen LogP contribution in [-0.2, 0) is 16.2 Å². The monoisotopic (exact) mass is 535 g/mol. The molecule has 15 heteroatoms. The van der Waals surface area contributed by atoms with E-state index in [1.54, 1.807) is 0 Å². The number of nitrogens with one attached hydrogen (secondary N) is 2. The second-order valence-electron chi connectivity index (χ2n) is 6.89. The van der Waals surface area contributed by atoms with Gasteiger partial charge in [0.05, 0.1) is 10.5 Å². The van der Waals surface area contributed by atoms with Crippen molar-refractivity contribution in [2.45, 2.75) is 17.4 Å². The second kappa shape index (κ2) is 10.0. The fourth-order valence-corrected chi connectivity index (χ4v) is 3.51. The minimum atomic E-state index is -4.94. The lowest BCUT2D eigenvalue weighted by Gasteiger charge is -2.14. The highest BCUT2D eigenvalue weighted by atomic mass is 32.2. The Kier molecular flexibility index (Phi) is 7.45. The molecule has 3 aromatic rings. The summed E-state index contributed by atoms with van der Waals surface area (Å²) >= 11 is 0. The summed E-state index contributed by atoms with van der Waals surface area (Å²) in [6.45, 7) is 0. The summed E-state index contributed by atoms with van der Waals surface area (Å²) in [5, 5.41) is 2.27. The van der Waals surface area contributed by atoms with Crippen LogP contribution in [0.3, 0.4) is 0 Å². The van der Waals surface area contributed by atoms with E-state index < -0.39 is 51.2 Å². The molecule has 0 radical (unpaired) electrons. The van der Waals surface area contributed by atoms with Crippen molar-refractivity contribution in [3.05, 3.63) is 71.9 Å². The topological polar surface area (TPSA) is 107 Å². The van der Waals surface area contributed by atoms with E-state index in [0.717, 1.165) is 30.3 Å². The molecule has 3 rings (SSSR count). The Hall–Kier alpha value is -3.85. The molecule has 0 atom stereocenters. The molecule has 1 amide bonds. The van der Waals surface area contributed by atoms with Crippen LogP contribution in [0.15, 0.2) is 65.7 Å². The molecule has 0 aliphatic heterocycles. The maximum Gasteiger partial charge on any atom is 0.573 e. The molecule has 0 bridgehead atoms. The number of carbonyl (C=O) groups excluding carboxylic acids is 1. The molecular weight excluding hydrogens is 520 g/mol. The van der Waals surface area contributed by atoms with Crippen molar-refractivity contribution in [2.75, 3.05) is 12.4 Å². The number of nitrogens with zero attached hydrogens (tertiary/aromatic N) is 1. The number of rotatable bonds is 7. The van der Waals surface area contributed by atoms with E-state index in [2.05, 4.69) is 19.8 Å². The predicted molar refractivity (Wildman–Crippen MR) is 113 cm³/mol. The summed E-state index contributed by atoms with van der Waals surface area (Å²) in [5.74, 6) is -2.46. The summed E-state index contributed by atoms with van der Waals surface area (Å²) in [4.78, 5) is 16.2. The lowest BCUT2D eigenvalue weighted by molar-refractivity contribution is -0.274. The van der Waals surface area contributed by atoms with Crippen molar-refractivity contribution >= 4 is 21.6 Å². The van der Waals surface area contributed by atoms with Gasteiger partial charge in [-0.05, 0) is 55.6 Å². The molecule has 0 saturated carbocycles. The normalized spacial score (nSPS) is 12.2. The number of pyridine rings is 1. The summed E-state index contributed by atoms with van der Waals surface area (Å²) in [5.41, 5.74) is -2.02. The van der Waals surface area contributed by atoms with Crippen molar-refractivity contribution in [3.63, 3.8) is 0 Å². The smallest absolute Gasteiger partial charge is 0.438 e. The highest BCUT2D eigenvalue weighted by Gasteiger charge is 2.33. The molecule has 1 heterocycles. The van der Waals surface area contributed by atoms with E-state index in [1.165, 1.54) is 25.2 Å². The minimum absolute atomic E-state index is 0.0617. The van der Waals surface area contributed by atoms with Crippen molar-refractivity contribution in [1.82, 2.24) is 9.71 Å². The van der Waals surface area contributed by atoms with Crippen LogP contribution in [0.2, 0.25) is 0 Å². The third-order valence-electron chi connectivity index (χ3n) is 4.37. The standard InChI is InChI=1S/C21H15F6N3O5S/c1-28-36(32,33)16-4-2-3-13(10-16)30-18(31)17-9-12(20(22,23)24)11-29-19(17)34-14-5-7-15(8-6-14)35-21(25,26)27/h2-11,28H,1H3,(H,30,31). The highest BCUT2D eigenvalue weighted by molar-refractivity contribution is 7.89. The van der Waals surface area contributed by atoms with Crippen LogP contribution in [0, 0.1) is 0 Å². The lowest BCUT2D eigenvalue weighted by atomic mass is 10.1. The van der Waals surface area contributed by atoms with Crippen LogP contribution in [-0.4, -0.2) is 32.7 Å². The number of hydrogen-bond donors (Lipinski definition) is 2. The molecule has 1 aromatic heterocycles. The largest absolute Gasteiger partial charge is 0.573 e. The Balaban J connectivity index is 1.93. The Morgan fingerprint density at radius 2 is 1.58 bits per heavy atom. The number of hydrogen-bond acceptors (Lipinski definition) is 6. The fourth-order valence-electron chi connectivity index (χ4n) is 2.73. The zero-order chi connectivity index (χ0) is 26.7. The van der Waals surface area contributed by atoms with Gasteiger partial charge in [-0.15, -0.1) is 13.2 Å². The number of aromatic nitrogens is 1. The van der Waals surface area contributed by atoms with E-state index >= 15 is 0 Å². The van der Waals surface area contributed by atoms with E-state index in [0.29, 0.717) is 12.3 Å². The van der Waals surface area contributed by atoms with Crippen LogP contribution < -0.4 is 19.5 Å². The van der Waals surface area contributed by atoms with Crippen molar-refractivity contribution in [3.8, 4) is 17.4 Å². The van der Waals surface area contributed by atoms with Crippen LogP contribution in [0.4, 0.5) is 32.0 Å². The molecule has 2 N–H and O–H groups in total. The third-order valence-corrected chi connectivity index (χ3v) is 5.78. The number of ether oxygens (including phenoxy) is 2. The molecule has 0 unspecified atom stereocenters. The zero-order valence-electron chi connectivity index (χ0n) is 17.9. The number of carbonyl (C=O) groups is 1. The molecule has 0 spiro atoms. The third kappa shape index (κ3) is 6.85. The number of benzene rings is 2. The summed E-state index contributed by atoms with van der Waals surface area (Å²) < 4.78 is 112. The summed E-state index contributed by atoms with van der Waals surface area (Å²) in [6.07, 6.45) is -9.39. The van der Waals surface area contributed by atoms with Gasteiger partial charge in [-0.2, -0.15) is 13.2 Å². The number of sulfonamides is 1. The molecular formula is C21H15F6N3O5S. The summed E-state index contributed by atoms with van der Waals surface area (Å²) in [6, 6.07) is 9.19. The van der Waals surface area contributed by atoms with E-state index in [9.17, 15) is 39.6 Å².